The number of hydrogen-bond acceptors (Lipinski definition) is 5. The molecule has 0 bridgehead atoms. The fourth-order valence-electron chi connectivity index (χ4n) is 2.13. The molecule has 16 heavy (non-hydrogen) atoms. The summed E-state index contributed by atoms with van der Waals surface area (Å²) in [6.07, 6.45) is -0.103. The molecule has 2 aliphatic heterocycles. The quantitative estimate of drug-likeness (QED) is 0.366. The Morgan fingerprint density at radius 3 is 2.94 bits per heavy atom. The van der Waals surface area contributed by atoms with Crippen LogP contribution in [0.4, 0.5) is 0 Å². The second-order valence-corrected chi connectivity index (χ2v) is 5.12. The first-order valence-electron chi connectivity index (χ1n) is 4.80. The van der Waals surface area contributed by atoms with Crippen LogP contribution in [0.15, 0.2) is 18.4 Å². The lowest BCUT2D eigenvalue weighted by Gasteiger charge is -2.23. The van der Waals surface area contributed by atoms with Crippen molar-refractivity contribution in [2.75, 3.05) is 6.61 Å². The molecule has 0 aromatic rings. The Balaban J connectivity index is 2.43. The first kappa shape index (κ1) is 12.1. The van der Waals surface area contributed by atoms with E-state index in [1.807, 2.05) is 0 Å². The molecule has 6 nitrogen and oxygen atoms in total. The average molecular weight is 246 g/mol. The highest BCUT2D eigenvalue weighted by Gasteiger charge is 2.64. The van der Waals surface area contributed by atoms with Gasteiger partial charge in [0.05, 0.1) is 12.6 Å². The molecule has 0 aromatic carbocycles. The normalized spacial score (nSPS) is 51.0. The molecular formula is C8H12BO6P. The third-order valence-electron chi connectivity index (χ3n) is 2.82. The number of aliphatic hydroxyl groups excluding tert-OH is 1. The maximum absolute atomic E-state index is 11.4. The zero-order valence-corrected chi connectivity index (χ0v) is 9.59. The molecule has 0 aromatic heterocycles. The van der Waals surface area contributed by atoms with E-state index in [0.29, 0.717) is 0 Å². The molecule has 0 saturated carbocycles. The molecule has 2 N–H and O–H groups in total. The van der Waals surface area contributed by atoms with Gasteiger partial charge in [-0.15, -0.1) is 5.73 Å². The second-order valence-electron chi connectivity index (χ2n) is 3.79. The van der Waals surface area contributed by atoms with Crippen LogP contribution in [-0.2, 0) is 18.3 Å². The van der Waals surface area contributed by atoms with Crippen molar-refractivity contribution in [3.63, 3.8) is 0 Å². The maximum atomic E-state index is 11.4. The zero-order chi connectivity index (χ0) is 12.0. The highest BCUT2D eigenvalue weighted by Crippen LogP contribution is 2.61. The van der Waals surface area contributed by atoms with Crippen LogP contribution >= 0.6 is 7.82 Å². The molecule has 2 fully saturated rings. The number of hydrogen-bond donors (Lipinski definition) is 2. The van der Waals surface area contributed by atoms with Crippen LogP contribution in [-0.4, -0.2) is 48.3 Å². The molecule has 0 radical (unpaired) electrons. The monoisotopic (exact) mass is 246 g/mol. The van der Waals surface area contributed by atoms with E-state index in [-0.39, 0.29) is 6.61 Å². The summed E-state index contributed by atoms with van der Waals surface area (Å²) in [6.45, 7) is 3.09. The molecule has 8 heteroatoms. The van der Waals surface area contributed by atoms with Crippen LogP contribution in [0.2, 0.25) is 0 Å². The van der Waals surface area contributed by atoms with Gasteiger partial charge in [-0.2, -0.15) is 0 Å². The van der Waals surface area contributed by atoms with Crippen molar-refractivity contribution in [3.05, 3.63) is 18.4 Å². The lowest BCUT2D eigenvalue weighted by atomic mass is 9.80. The summed E-state index contributed by atoms with van der Waals surface area (Å²) >= 11 is 0. The number of aliphatic hydroxyl groups is 1. The molecule has 0 spiro atoms. The van der Waals surface area contributed by atoms with E-state index in [9.17, 15) is 9.46 Å². The van der Waals surface area contributed by atoms with Crippen molar-refractivity contribution >= 4 is 15.7 Å². The highest BCUT2D eigenvalue weighted by atomic mass is 31.2. The molecule has 88 valence electrons. The molecule has 5 atom stereocenters. The number of rotatable bonds is 2. The third kappa shape index (κ3) is 1.62. The van der Waals surface area contributed by atoms with E-state index in [1.165, 1.54) is 6.08 Å². The molecule has 0 amide bonds. The standard InChI is InChI=1S/C8H12BO6P/c1-2-3-8-6(14-16(11,12)15-8)5(4-10)13-7(8)9/h3,5-7,10H,1,4,9H2,(H,11,12)/t5-,6?,7-,8?/m1/s1. The van der Waals surface area contributed by atoms with Gasteiger partial charge < -0.3 is 14.7 Å². The summed E-state index contributed by atoms with van der Waals surface area (Å²) in [7, 11) is -2.42. The molecule has 2 rings (SSSR count). The van der Waals surface area contributed by atoms with Crippen molar-refractivity contribution in [2.24, 2.45) is 0 Å². The summed E-state index contributed by atoms with van der Waals surface area (Å²) in [5.41, 5.74) is 1.32. The van der Waals surface area contributed by atoms with Crippen molar-refractivity contribution < 1.29 is 28.3 Å². The smallest absolute Gasteiger partial charge is 0.394 e. The predicted molar refractivity (Wildman–Crippen MR) is 56.5 cm³/mol. The van der Waals surface area contributed by atoms with E-state index in [0.717, 1.165) is 0 Å². The third-order valence-corrected chi connectivity index (χ3v) is 3.86. The minimum Gasteiger partial charge on any atom is -0.394 e. The van der Waals surface area contributed by atoms with Gasteiger partial charge in [-0.25, -0.2) is 4.57 Å². The van der Waals surface area contributed by atoms with Crippen LogP contribution < -0.4 is 0 Å². The van der Waals surface area contributed by atoms with Crippen molar-refractivity contribution in [1.82, 2.24) is 0 Å². The van der Waals surface area contributed by atoms with Crippen molar-refractivity contribution in [2.45, 2.75) is 23.8 Å². The van der Waals surface area contributed by atoms with E-state index >= 15 is 0 Å². The van der Waals surface area contributed by atoms with Gasteiger partial charge in [-0.3, -0.25) is 9.05 Å². The fraction of sp³-hybridized carbons (Fsp3) is 0.625. The number of phosphoric acid groups is 1. The summed E-state index contributed by atoms with van der Waals surface area (Å²) in [5, 5.41) is 9.10. The van der Waals surface area contributed by atoms with E-state index in [4.69, 9.17) is 18.9 Å². The van der Waals surface area contributed by atoms with E-state index in [1.54, 1.807) is 7.85 Å². The molecule has 3 unspecified atom stereocenters. The number of fused-ring (bicyclic) bond motifs is 1. The van der Waals surface area contributed by atoms with Crippen LogP contribution in [0.1, 0.15) is 0 Å². The van der Waals surface area contributed by atoms with Gasteiger partial charge in [0.2, 0.25) is 0 Å². The first-order valence-corrected chi connectivity index (χ1v) is 6.30. The van der Waals surface area contributed by atoms with Gasteiger partial charge in [0.25, 0.3) is 0 Å². The Hall–Kier alpha value is -0.385. The van der Waals surface area contributed by atoms with E-state index < -0.39 is 31.6 Å². The maximum Gasteiger partial charge on any atom is 0.473 e. The summed E-state index contributed by atoms with van der Waals surface area (Å²) in [4.78, 5) is 9.33. The minimum atomic E-state index is -4.09. The van der Waals surface area contributed by atoms with Crippen LogP contribution in [0.25, 0.3) is 0 Å². The SMILES string of the molecule is B[C@@H]1O[C@H](CO)C2OP(=O)(O)OC21C=C=C. The molecule has 2 heterocycles. The van der Waals surface area contributed by atoms with Gasteiger partial charge in [0, 0.05) is 0 Å². The largest absolute Gasteiger partial charge is 0.473 e. The van der Waals surface area contributed by atoms with Gasteiger partial charge >= 0.3 is 7.82 Å². The summed E-state index contributed by atoms with van der Waals surface area (Å²) in [6, 6.07) is -0.521. The van der Waals surface area contributed by atoms with Crippen LogP contribution in [0, 0.1) is 0 Å². The lowest BCUT2D eigenvalue weighted by Crippen LogP contribution is -2.44. The summed E-state index contributed by atoms with van der Waals surface area (Å²) < 4.78 is 26.8. The second kappa shape index (κ2) is 3.82. The van der Waals surface area contributed by atoms with Gasteiger partial charge in [-0.1, -0.05) is 6.58 Å². The van der Waals surface area contributed by atoms with Crippen molar-refractivity contribution in [1.29, 1.82) is 0 Å². The average Bonchev–Trinajstić information content (AvgIpc) is 2.58. The Bertz CT molecular complexity index is 394. The van der Waals surface area contributed by atoms with Gasteiger partial charge in [-0.05, 0) is 6.08 Å². The minimum absolute atomic E-state index is 0.314. The molecule has 0 aliphatic carbocycles. The first-order chi connectivity index (χ1) is 7.45. The number of ether oxygens (including phenoxy) is 1. The lowest BCUT2D eigenvalue weighted by molar-refractivity contribution is -0.00511. The van der Waals surface area contributed by atoms with Gasteiger partial charge in [0.1, 0.15) is 20.1 Å². The van der Waals surface area contributed by atoms with Crippen LogP contribution in [0.3, 0.4) is 0 Å². The Labute approximate surface area is 93.5 Å². The van der Waals surface area contributed by atoms with Gasteiger partial charge in [0.15, 0.2) is 5.60 Å². The Morgan fingerprint density at radius 2 is 2.38 bits per heavy atom. The molecule has 2 saturated heterocycles. The molecule has 2 aliphatic rings. The Kier molecular flexibility index (Phi) is 2.89. The van der Waals surface area contributed by atoms with Crippen molar-refractivity contribution in [3.8, 4) is 0 Å². The molecular weight excluding hydrogens is 234 g/mol. The number of phosphoric ester groups is 1. The fourth-order valence-corrected chi connectivity index (χ4v) is 3.46. The highest BCUT2D eigenvalue weighted by molar-refractivity contribution is 7.47. The predicted octanol–water partition coefficient (Wildman–Crippen LogP) is -1.07. The zero-order valence-electron chi connectivity index (χ0n) is 8.70. The topological polar surface area (TPSA) is 85.2 Å². The Morgan fingerprint density at radius 1 is 1.69 bits per heavy atom. The van der Waals surface area contributed by atoms with E-state index in [2.05, 4.69) is 12.3 Å². The van der Waals surface area contributed by atoms with Crippen LogP contribution in [0.5, 0.6) is 0 Å². The summed E-state index contributed by atoms with van der Waals surface area (Å²) in [5.74, 6) is 0.